The lowest BCUT2D eigenvalue weighted by molar-refractivity contribution is -0.335. The summed E-state index contributed by atoms with van der Waals surface area (Å²) in [7, 11) is 1.60. The van der Waals surface area contributed by atoms with Gasteiger partial charge in [-0.25, -0.2) is 0 Å². The van der Waals surface area contributed by atoms with Crippen molar-refractivity contribution in [3.05, 3.63) is 215 Å². The van der Waals surface area contributed by atoms with E-state index in [9.17, 15) is 4.79 Å². The van der Waals surface area contributed by atoms with Crippen molar-refractivity contribution in [1.82, 2.24) is 0 Å². The first-order chi connectivity index (χ1) is 34.0. The Morgan fingerprint density at radius 1 is 0.449 bits per heavy atom. The predicted molar refractivity (Wildman–Crippen MR) is 260 cm³/mol. The highest BCUT2D eigenvalue weighted by Gasteiger charge is 2.54. The van der Waals surface area contributed by atoms with Crippen molar-refractivity contribution < 1.29 is 52.2 Å². The van der Waals surface area contributed by atoms with E-state index in [1.807, 2.05) is 182 Å². The third-order valence-electron chi connectivity index (χ3n) is 12.4. The third kappa shape index (κ3) is 14.7. The van der Waals surface area contributed by atoms with Gasteiger partial charge in [-0.15, -0.1) is 0 Å². The molecule has 11 heteroatoms. The molecular formula is C58H64O11. The highest BCUT2D eigenvalue weighted by atomic mass is 16.7. The molecule has 1 aliphatic heterocycles. The quantitative estimate of drug-likeness (QED) is 0.0542. The number of hydrogen-bond donors (Lipinski definition) is 0. The van der Waals surface area contributed by atoms with E-state index in [0.717, 1.165) is 33.4 Å². The van der Waals surface area contributed by atoms with Gasteiger partial charge in [0.2, 0.25) is 0 Å². The number of methoxy groups -OCH3 is 1. The Bertz CT molecular complexity index is 2340. The van der Waals surface area contributed by atoms with Crippen LogP contribution in [0.2, 0.25) is 0 Å². The van der Waals surface area contributed by atoms with Crippen LogP contribution in [0.25, 0.3) is 0 Å². The van der Waals surface area contributed by atoms with Gasteiger partial charge < -0.3 is 47.4 Å². The van der Waals surface area contributed by atoms with E-state index >= 15 is 0 Å². The van der Waals surface area contributed by atoms with Crippen molar-refractivity contribution >= 4 is 5.97 Å². The van der Waals surface area contributed by atoms with Crippen LogP contribution < -0.4 is 0 Å². The Balaban J connectivity index is 1.17. The highest BCUT2D eigenvalue weighted by Crippen LogP contribution is 2.39. The Hall–Kier alpha value is -5.57. The molecule has 0 N–H and O–H groups in total. The van der Waals surface area contributed by atoms with Crippen molar-refractivity contribution in [3.63, 3.8) is 0 Å². The minimum absolute atomic E-state index is 0.126. The van der Waals surface area contributed by atoms with Crippen LogP contribution in [-0.2, 0) is 91.8 Å². The van der Waals surface area contributed by atoms with Gasteiger partial charge in [-0.05, 0) is 39.8 Å². The number of benzene rings is 6. The average molecular weight is 937 g/mol. The fourth-order valence-corrected chi connectivity index (χ4v) is 9.06. The molecule has 2 fully saturated rings. The summed E-state index contributed by atoms with van der Waals surface area (Å²) in [5, 5.41) is 0. The van der Waals surface area contributed by atoms with Crippen molar-refractivity contribution in [2.75, 3.05) is 20.3 Å². The lowest BCUT2D eigenvalue weighted by atomic mass is 9.80. The smallest absolute Gasteiger partial charge is 0.303 e. The zero-order valence-electron chi connectivity index (χ0n) is 39.4. The fraction of sp³-hybridized carbons (Fsp3) is 0.362. The van der Waals surface area contributed by atoms with Crippen molar-refractivity contribution in [2.45, 2.75) is 108 Å². The second-order valence-electron chi connectivity index (χ2n) is 17.5. The molecule has 2 aliphatic rings. The summed E-state index contributed by atoms with van der Waals surface area (Å²) in [6.45, 7) is 3.61. The molecule has 1 saturated heterocycles. The van der Waals surface area contributed by atoms with E-state index in [-0.39, 0.29) is 32.3 Å². The van der Waals surface area contributed by atoms with Crippen molar-refractivity contribution in [1.29, 1.82) is 0 Å². The van der Waals surface area contributed by atoms with Crippen LogP contribution in [0, 0.1) is 5.92 Å². The first-order valence-corrected chi connectivity index (χ1v) is 23.9. The molecule has 8 rings (SSSR count). The van der Waals surface area contributed by atoms with E-state index < -0.39 is 61.1 Å². The summed E-state index contributed by atoms with van der Waals surface area (Å²) in [6.07, 6.45) is -6.62. The first kappa shape index (κ1) is 49.8. The van der Waals surface area contributed by atoms with Gasteiger partial charge in [0, 0.05) is 20.0 Å². The Morgan fingerprint density at radius 2 is 0.812 bits per heavy atom. The van der Waals surface area contributed by atoms with E-state index in [2.05, 4.69) is 0 Å². The van der Waals surface area contributed by atoms with Gasteiger partial charge >= 0.3 is 5.97 Å². The fourth-order valence-electron chi connectivity index (χ4n) is 9.06. The van der Waals surface area contributed by atoms with Crippen LogP contribution in [0.3, 0.4) is 0 Å². The van der Waals surface area contributed by atoms with Crippen molar-refractivity contribution in [2.24, 2.45) is 5.92 Å². The zero-order chi connectivity index (χ0) is 47.5. The summed E-state index contributed by atoms with van der Waals surface area (Å²) in [5.74, 6) is -0.765. The highest BCUT2D eigenvalue weighted by molar-refractivity contribution is 5.66. The average Bonchev–Trinajstić information content (AvgIpc) is 3.39. The van der Waals surface area contributed by atoms with Crippen LogP contribution in [-0.4, -0.2) is 81.4 Å². The number of ether oxygens (including phenoxy) is 10. The molecule has 0 amide bonds. The van der Waals surface area contributed by atoms with Gasteiger partial charge in [0.05, 0.1) is 65.1 Å². The summed E-state index contributed by atoms with van der Waals surface area (Å²) in [4.78, 5) is 13.4. The normalized spacial score (nSPS) is 24.7. The molecule has 1 aliphatic carbocycles. The summed E-state index contributed by atoms with van der Waals surface area (Å²) >= 11 is 0. The number of rotatable bonds is 24. The predicted octanol–water partition coefficient (Wildman–Crippen LogP) is 9.84. The molecule has 6 aromatic rings. The number of carbonyl (C=O) groups excluding carboxylic acids is 1. The van der Waals surface area contributed by atoms with Crippen LogP contribution in [0.15, 0.2) is 182 Å². The standard InChI is InChI=1S/C58H64O11/c1-42(59)67-53-50(33-49(40-61-34-43-21-9-3-10-22-43)52(63-36-45-25-13-5-14-26-45)55(53)64-37-46-27-15-6-16-28-46)68-54-51(41-62-35-44-23-11-4-12-24-44)69-58(60-2)57(66-39-48-31-19-8-20-32-48)56(54)65-38-47-29-17-7-18-30-47/h3-32,49-58H,33-41H2,1-2H3/t49-,50+,51-,52-,53+,54-,55+,56+,57-,58+/m1/s1. The lowest BCUT2D eigenvalue weighted by Crippen LogP contribution is -2.65. The molecule has 1 heterocycles. The Labute approximate surface area is 406 Å². The maximum Gasteiger partial charge on any atom is 0.303 e. The minimum atomic E-state index is -0.929. The van der Waals surface area contributed by atoms with E-state index in [4.69, 9.17) is 47.4 Å². The minimum Gasteiger partial charge on any atom is -0.457 e. The van der Waals surface area contributed by atoms with Crippen LogP contribution in [0.4, 0.5) is 0 Å². The van der Waals surface area contributed by atoms with Gasteiger partial charge in [-0.3, -0.25) is 4.79 Å². The molecule has 0 unspecified atom stereocenters. The second-order valence-corrected chi connectivity index (χ2v) is 17.5. The van der Waals surface area contributed by atoms with E-state index in [1.165, 1.54) is 6.92 Å². The molecule has 362 valence electrons. The lowest BCUT2D eigenvalue weighted by Gasteiger charge is -2.50. The number of hydrogen-bond acceptors (Lipinski definition) is 11. The molecule has 1 saturated carbocycles. The number of esters is 1. The van der Waals surface area contributed by atoms with Gasteiger partial charge in [-0.2, -0.15) is 0 Å². The molecule has 69 heavy (non-hydrogen) atoms. The zero-order valence-corrected chi connectivity index (χ0v) is 39.4. The molecule has 0 aromatic heterocycles. The topological polar surface area (TPSA) is 109 Å². The summed E-state index contributed by atoms with van der Waals surface area (Å²) < 4.78 is 67.4. The maximum atomic E-state index is 13.4. The summed E-state index contributed by atoms with van der Waals surface area (Å²) in [6, 6.07) is 59.9. The molecule has 0 spiro atoms. The van der Waals surface area contributed by atoms with Crippen molar-refractivity contribution in [3.8, 4) is 0 Å². The Morgan fingerprint density at radius 3 is 1.22 bits per heavy atom. The molecule has 0 bridgehead atoms. The van der Waals surface area contributed by atoms with Gasteiger partial charge in [0.1, 0.15) is 30.5 Å². The Kier molecular flexibility index (Phi) is 19.1. The molecular weight excluding hydrogens is 873 g/mol. The molecule has 6 aromatic carbocycles. The number of carbonyl (C=O) groups is 1. The largest absolute Gasteiger partial charge is 0.457 e. The SMILES string of the molecule is CO[C@H]1O[C@H](COCc2ccccc2)[C@@H](O[C@H]2C[C@H](COCc3ccccc3)[C@@H](OCc3ccccc3)[C@H](OCc3ccccc3)[C@H]2OC(C)=O)[C@H](OCc2ccccc2)[C@H]1OCc1ccccc1. The third-order valence-corrected chi connectivity index (χ3v) is 12.4. The second kappa shape index (κ2) is 26.4. The monoisotopic (exact) mass is 936 g/mol. The van der Waals surface area contributed by atoms with Gasteiger partial charge in [0.15, 0.2) is 12.4 Å². The molecule has 11 nitrogen and oxygen atoms in total. The maximum absolute atomic E-state index is 13.4. The van der Waals surface area contributed by atoms with Gasteiger partial charge in [-0.1, -0.05) is 182 Å². The van der Waals surface area contributed by atoms with Gasteiger partial charge in [0.25, 0.3) is 0 Å². The van der Waals surface area contributed by atoms with E-state index in [1.54, 1.807) is 7.11 Å². The summed E-state index contributed by atoms with van der Waals surface area (Å²) in [5.41, 5.74) is 5.94. The van der Waals surface area contributed by atoms with Crippen LogP contribution in [0.5, 0.6) is 0 Å². The van der Waals surface area contributed by atoms with Crippen LogP contribution in [0.1, 0.15) is 46.7 Å². The first-order valence-electron chi connectivity index (χ1n) is 23.9. The molecule has 0 radical (unpaired) electrons. The molecule has 10 atom stereocenters. The van der Waals surface area contributed by atoms with Crippen LogP contribution >= 0.6 is 0 Å². The van der Waals surface area contributed by atoms with E-state index in [0.29, 0.717) is 32.8 Å².